The number of carbonyl (C=O) groups excluding carboxylic acids is 1. The summed E-state index contributed by atoms with van der Waals surface area (Å²) in [6, 6.07) is 4.09. The van der Waals surface area contributed by atoms with Crippen LogP contribution in [-0.2, 0) is 23.4 Å². The maximum Gasteiger partial charge on any atom is 0.416 e. The number of nitrogens with one attached hydrogen (secondary N) is 2. The Morgan fingerprint density at radius 3 is 2.53 bits per heavy atom. The third-order valence-electron chi connectivity index (χ3n) is 4.97. The van der Waals surface area contributed by atoms with E-state index < -0.39 is 23.1 Å². The van der Waals surface area contributed by atoms with Crippen LogP contribution in [0.5, 0.6) is 0 Å². The highest BCUT2D eigenvalue weighted by Gasteiger charge is 2.44. The average molecular weight is 424 g/mol. The van der Waals surface area contributed by atoms with Gasteiger partial charge in [-0.05, 0) is 37.6 Å². The number of hydrogen-bond acceptors (Lipinski definition) is 6. The Morgan fingerprint density at radius 2 is 1.93 bits per heavy atom. The summed E-state index contributed by atoms with van der Waals surface area (Å²) in [6.45, 7) is 2.12. The molecule has 12 heteroatoms. The summed E-state index contributed by atoms with van der Waals surface area (Å²) >= 11 is 0. The van der Waals surface area contributed by atoms with Gasteiger partial charge >= 0.3 is 6.18 Å². The molecule has 2 N–H and O–H groups in total. The van der Waals surface area contributed by atoms with E-state index in [1.54, 1.807) is 6.92 Å². The molecule has 158 valence electrons. The van der Waals surface area contributed by atoms with Crippen molar-refractivity contribution in [3.05, 3.63) is 41.7 Å². The number of benzene rings is 1. The number of hydrogen-bond donors (Lipinski definition) is 2. The normalized spacial score (nSPS) is 19.2. The largest absolute Gasteiger partial charge is 0.418 e. The van der Waals surface area contributed by atoms with Gasteiger partial charge in [0.2, 0.25) is 17.7 Å². The van der Waals surface area contributed by atoms with Gasteiger partial charge in [0.1, 0.15) is 11.1 Å². The topological polar surface area (TPSA) is 97.9 Å². The van der Waals surface area contributed by atoms with Crippen molar-refractivity contribution < 1.29 is 26.8 Å². The Balaban J connectivity index is 1.67. The SMILES string of the molecule is Cn1nc(-c2nnc(C3(C)CCNC3=O)o2)c(Nc2ccc(C(F)(F)F)cc2)c1F. The van der Waals surface area contributed by atoms with Crippen LogP contribution in [0, 0.1) is 5.95 Å². The van der Waals surface area contributed by atoms with Crippen molar-refractivity contribution in [1.82, 2.24) is 25.3 Å². The van der Waals surface area contributed by atoms with E-state index in [-0.39, 0.29) is 34.8 Å². The molecule has 8 nitrogen and oxygen atoms in total. The van der Waals surface area contributed by atoms with Gasteiger partial charge in [0.05, 0.1) is 5.56 Å². The van der Waals surface area contributed by atoms with Crippen LogP contribution in [0.15, 0.2) is 28.7 Å². The van der Waals surface area contributed by atoms with E-state index in [0.29, 0.717) is 13.0 Å². The second kappa shape index (κ2) is 6.82. The molecule has 1 amide bonds. The lowest BCUT2D eigenvalue weighted by Gasteiger charge is -2.14. The maximum absolute atomic E-state index is 14.6. The monoisotopic (exact) mass is 424 g/mol. The number of alkyl halides is 3. The molecule has 1 unspecified atom stereocenters. The lowest BCUT2D eigenvalue weighted by molar-refractivity contribution is -0.137. The lowest BCUT2D eigenvalue weighted by atomic mass is 9.89. The second-order valence-corrected chi connectivity index (χ2v) is 7.09. The van der Waals surface area contributed by atoms with Crippen molar-refractivity contribution >= 4 is 17.3 Å². The van der Waals surface area contributed by atoms with Gasteiger partial charge in [-0.3, -0.25) is 4.79 Å². The Bertz CT molecular complexity index is 1110. The zero-order valence-electron chi connectivity index (χ0n) is 15.8. The molecule has 1 fully saturated rings. The second-order valence-electron chi connectivity index (χ2n) is 7.09. The van der Waals surface area contributed by atoms with E-state index in [2.05, 4.69) is 25.9 Å². The highest BCUT2D eigenvalue weighted by molar-refractivity contribution is 5.88. The van der Waals surface area contributed by atoms with Gasteiger partial charge in [-0.2, -0.15) is 22.7 Å². The molecule has 30 heavy (non-hydrogen) atoms. The molecule has 1 aliphatic rings. The van der Waals surface area contributed by atoms with Crippen molar-refractivity contribution in [2.45, 2.75) is 24.9 Å². The summed E-state index contributed by atoms with van der Waals surface area (Å²) in [6.07, 6.45) is -4.02. The molecule has 0 aliphatic carbocycles. The Labute approximate surface area is 167 Å². The predicted octanol–water partition coefficient (Wildman–Crippen LogP) is 3.15. The van der Waals surface area contributed by atoms with Crippen molar-refractivity contribution in [2.75, 3.05) is 11.9 Å². The summed E-state index contributed by atoms with van der Waals surface area (Å²) in [4.78, 5) is 12.1. The third-order valence-corrected chi connectivity index (χ3v) is 4.97. The fraction of sp³-hybridized carbons (Fsp3) is 0.333. The third kappa shape index (κ3) is 3.27. The summed E-state index contributed by atoms with van der Waals surface area (Å²) in [7, 11) is 1.35. The van der Waals surface area contributed by atoms with Crippen LogP contribution in [0.2, 0.25) is 0 Å². The summed E-state index contributed by atoms with van der Waals surface area (Å²) in [5, 5.41) is 17.2. The highest BCUT2D eigenvalue weighted by Crippen LogP contribution is 2.36. The fourth-order valence-corrected chi connectivity index (χ4v) is 3.13. The van der Waals surface area contributed by atoms with Gasteiger partial charge in [-0.1, -0.05) is 0 Å². The number of anilines is 2. The first-order valence-corrected chi connectivity index (χ1v) is 8.89. The molecule has 1 aliphatic heterocycles. The maximum atomic E-state index is 14.6. The molecule has 0 bridgehead atoms. The lowest BCUT2D eigenvalue weighted by Crippen LogP contribution is -2.32. The van der Waals surface area contributed by atoms with Crippen molar-refractivity contribution in [1.29, 1.82) is 0 Å². The predicted molar refractivity (Wildman–Crippen MR) is 96.2 cm³/mol. The van der Waals surface area contributed by atoms with E-state index in [4.69, 9.17) is 4.42 Å². The fourth-order valence-electron chi connectivity index (χ4n) is 3.13. The summed E-state index contributed by atoms with van der Waals surface area (Å²) in [5.41, 5.74) is -1.80. The molecule has 1 aromatic carbocycles. The van der Waals surface area contributed by atoms with E-state index >= 15 is 0 Å². The van der Waals surface area contributed by atoms with Gasteiger partial charge in [0.25, 0.3) is 5.89 Å². The van der Waals surface area contributed by atoms with E-state index in [0.717, 1.165) is 16.8 Å². The van der Waals surface area contributed by atoms with Crippen LogP contribution >= 0.6 is 0 Å². The quantitative estimate of drug-likeness (QED) is 0.625. The van der Waals surface area contributed by atoms with Gasteiger partial charge in [0, 0.05) is 19.3 Å². The number of aryl methyl sites for hydroxylation is 1. The minimum Gasteiger partial charge on any atom is -0.418 e. The molecule has 4 rings (SSSR count). The number of aromatic nitrogens is 4. The first-order valence-electron chi connectivity index (χ1n) is 8.89. The molecule has 0 radical (unpaired) electrons. The molecule has 0 spiro atoms. The zero-order chi connectivity index (χ0) is 21.7. The first kappa shape index (κ1) is 19.9. The standard InChI is InChI=1S/C18H16F4N6O2/c1-17(7-8-23-15(17)29)16-26-25-14(30-16)12-11(13(19)28(2)27-12)24-10-5-3-9(4-6-10)18(20,21)22/h3-6,24H,7-8H2,1-2H3,(H,23,29). The molecule has 3 heterocycles. The van der Waals surface area contributed by atoms with Crippen molar-refractivity contribution in [2.24, 2.45) is 7.05 Å². The van der Waals surface area contributed by atoms with Crippen molar-refractivity contribution in [3.63, 3.8) is 0 Å². The van der Waals surface area contributed by atoms with Gasteiger partial charge < -0.3 is 15.1 Å². The van der Waals surface area contributed by atoms with E-state index in [9.17, 15) is 22.4 Å². The van der Waals surface area contributed by atoms with Gasteiger partial charge in [-0.15, -0.1) is 10.2 Å². The first-order chi connectivity index (χ1) is 14.1. The van der Waals surface area contributed by atoms with Gasteiger partial charge in [-0.25, -0.2) is 4.68 Å². The zero-order valence-corrected chi connectivity index (χ0v) is 15.8. The Kier molecular flexibility index (Phi) is 4.51. The highest BCUT2D eigenvalue weighted by atomic mass is 19.4. The summed E-state index contributed by atoms with van der Waals surface area (Å²) in [5.74, 6) is -1.10. The van der Waals surface area contributed by atoms with Crippen LogP contribution in [0.25, 0.3) is 11.6 Å². The number of nitrogens with zero attached hydrogens (tertiary/aromatic N) is 4. The number of rotatable bonds is 4. The Morgan fingerprint density at radius 1 is 1.23 bits per heavy atom. The van der Waals surface area contributed by atoms with Crippen molar-refractivity contribution in [3.8, 4) is 11.6 Å². The number of halogens is 4. The van der Waals surface area contributed by atoms with Crippen LogP contribution in [0.4, 0.5) is 28.9 Å². The molecule has 0 saturated carbocycles. The van der Waals surface area contributed by atoms with E-state index in [1.165, 1.54) is 19.2 Å². The van der Waals surface area contributed by atoms with Crippen LogP contribution in [0.3, 0.4) is 0 Å². The van der Waals surface area contributed by atoms with Crippen LogP contribution in [0.1, 0.15) is 24.8 Å². The average Bonchev–Trinajstić information content (AvgIpc) is 3.37. The van der Waals surface area contributed by atoms with Crippen LogP contribution in [-0.4, -0.2) is 32.4 Å². The number of carbonyl (C=O) groups is 1. The van der Waals surface area contributed by atoms with Crippen LogP contribution < -0.4 is 10.6 Å². The molecule has 1 saturated heterocycles. The Hall–Kier alpha value is -3.44. The summed E-state index contributed by atoms with van der Waals surface area (Å²) < 4.78 is 59.4. The minimum absolute atomic E-state index is 0.0318. The smallest absolute Gasteiger partial charge is 0.416 e. The molecule has 3 aromatic rings. The van der Waals surface area contributed by atoms with Gasteiger partial charge in [0.15, 0.2) is 5.69 Å². The van der Waals surface area contributed by atoms with E-state index in [1.807, 2.05) is 0 Å². The molecular formula is C18H16F4N6O2. The molecule has 1 atom stereocenters. The molecule has 2 aromatic heterocycles. The number of amides is 1. The molecular weight excluding hydrogens is 408 g/mol. The minimum atomic E-state index is -4.48.